The van der Waals surface area contributed by atoms with Crippen molar-refractivity contribution in [3.63, 3.8) is 0 Å². The fourth-order valence-electron chi connectivity index (χ4n) is 5.60. The van der Waals surface area contributed by atoms with Crippen molar-refractivity contribution in [3.8, 4) is 0 Å². The number of aromatic amines is 1. The molecule has 0 amide bonds. The summed E-state index contributed by atoms with van der Waals surface area (Å²) in [6.45, 7) is -1.11. The Balaban J connectivity index is 1.20. The molecule has 3 aliphatic heterocycles. The Morgan fingerprint density at radius 1 is 1.09 bits per heavy atom. The Morgan fingerprint density at radius 3 is 2.60 bits per heavy atom. The molecule has 45 heavy (non-hydrogen) atoms. The number of ether oxygens (including phenoxy) is 3. The van der Waals surface area contributed by atoms with Crippen molar-refractivity contribution >= 4 is 50.1 Å². The first-order chi connectivity index (χ1) is 21.5. The highest BCUT2D eigenvalue weighted by atomic mass is 31.2. The Bertz CT molecular complexity index is 1890. The van der Waals surface area contributed by atoms with Gasteiger partial charge in [-0.15, -0.1) is 0 Å². The van der Waals surface area contributed by atoms with Gasteiger partial charge in [0.05, 0.1) is 31.9 Å². The van der Waals surface area contributed by atoms with Crippen LogP contribution >= 0.6 is 16.0 Å². The summed E-state index contributed by atoms with van der Waals surface area (Å²) in [5.74, 6) is -0.145. The maximum atomic E-state index is 16.0. The van der Waals surface area contributed by atoms with E-state index in [1.54, 1.807) is 0 Å². The Hall–Kier alpha value is -3.43. The van der Waals surface area contributed by atoms with Crippen LogP contribution in [0.5, 0.6) is 0 Å². The smallest absolute Gasteiger partial charge is 0.382 e. The summed E-state index contributed by atoms with van der Waals surface area (Å²) in [5.41, 5.74) is 11.2. The maximum absolute atomic E-state index is 16.0. The van der Waals surface area contributed by atoms with E-state index < -0.39 is 83.9 Å². The van der Waals surface area contributed by atoms with Crippen molar-refractivity contribution in [2.75, 3.05) is 31.8 Å². The first-order valence-corrected chi connectivity index (χ1v) is 16.1. The average molecular weight is 673 g/mol. The van der Waals surface area contributed by atoms with E-state index in [0.717, 1.165) is 0 Å². The summed E-state index contributed by atoms with van der Waals surface area (Å²) in [6.07, 6.45) is -5.56. The van der Waals surface area contributed by atoms with Gasteiger partial charge in [0.1, 0.15) is 36.3 Å². The van der Waals surface area contributed by atoms with Crippen LogP contribution in [-0.4, -0.2) is 101 Å². The molecule has 0 radical (unpaired) electrons. The lowest BCUT2D eigenvalue weighted by molar-refractivity contribution is -0.0519. The molecule has 3 aliphatic rings. The molecule has 4 aromatic heterocycles. The zero-order chi connectivity index (χ0) is 31.6. The van der Waals surface area contributed by atoms with Crippen LogP contribution in [0.1, 0.15) is 12.5 Å². The molecule has 7 N–H and O–H groups in total. The molecular weight excluding hydrogens is 647 g/mol. The van der Waals surface area contributed by atoms with E-state index in [4.69, 9.17) is 39.2 Å². The van der Waals surface area contributed by atoms with Crippen LogP contribution in [0, 0.1) is 0 Å². The van der Waals surface area contributed by atoms with Crippen LogP contribution in [0.4, 0.5) is 16.2 Å². The number of rotatable bonds is 3. The molecule has 21 nitrogen and oxygen atoms in total. The third kappa shape index (κ3) is 5.31. The van der Waals surface area contributed by atoms with Crippen LogP contribution in [0.2, 0.25) is 0 Å². The van der Waals surface area contributed by atoms with E-state index >= 15 is 4.39 Å². The molecule has 0 spiro atoms. The van der Waals surface area contributed by atoms with Crippen LogP contribution in [0.25, 0.3) is 22.3 Å². The summed E-state index contributed by atoms with van der Waals surface area (Å²) < 4.78 is 79.0. The molecule has 24 heteroatoms. The zero-order valence-corrected chi connectivity index (χ0v) is 24.9. The van der Waals surface area contributed by atoms with Crippen LogP contribution in [-0.2, 0) is 36.9 Å². The Labute approximate surface area is 250 Å². The monoisotopic (exact) mass is 673 g/mol. The molecule has 0 saturated carbocycles. The highest BCUT2D eigenvalue weighted by Gasteiger charge is 2.52. The summed E-state index contributed by atoms with van der Waals surface area (Å²) in [5, 5.41) is 2.29. The van der Waals surface area contributed by atoms with Gasteiger partial charge in [0.2, 0.25) is 5.95 Å². The SMILES string of the molecule is COC1C2COP(=O)(O)NC3C(CO[PH](=O)OC1C(n1cnc4c(=O)[nH]c(N)nc41)O2)OC(n1cnc2c(N)ncnc21)C3F. The zero-order valence-electron chi connectivity index (χ0n) is 23.0. The normalized spacial score (nSPS) is 36.0. The minimum atomic E-state index is -4.77. The van der Waals surface area contributed by atoms with E-state index in [-0.39, 0.29) is 34.1 Å². The van der Waals surface area contributed by atoms with Gasteiger partial charge >= 0.3 is 16.0 Å². The summed E-state index contributed by atoms with van der Waals surface area (Å²) >= 11 is 0. The number of nitrogens with two attached hydrogens (primary N) is 2. The maximum Gasteiger partial charge on any atom is 0.403 e. The predicted molar refractivity (Wildman–Crippen MR) is 148 cm³/mol. The van der Waals surface area contributed by atoms with Crippen molar-refractivity contribution in [1.29, 1.82) is 0 Å². The number of nitrogen functional groups attached to an aromatic ring is 2. The lowest BCUT2D eigenvalue weighted by Gasteiger charge is -2.24. The third-order valence-corrected chi connectivity index (χ3v) is 9.59. The van der Waals surface area contributed by atoms with Gasteiger partial charge in [0.15, 0.2) is 41.3 Å². The lowest BCUT2D eigenvalue weighted by Crippen LogP contribution is -2.43. The van der Waals surface area contributed by atoms with E-state index in [2.05, 4.69) is 35.0 Å². The molecule has 10 atom stereocenters. The fourth-order valence-corrected chi connectivity index (χ4v) is 7.55. The van der Waals surface area contributed by atoms with E-state index in [1.807, 2.05) is 0 Å². The van der Waals surface area contributed by atoms with Gasteiger partial charge in [-0.05, 0) is 0 Å². The van der Waals surface area contributed by atoms with Gasteiger partial charge in [0, 0.05) is 7.11 Å². The van der Waals surface area contributed by atoms with Crippen molar-refractivity contribution in [2.45, 2.75) is 49.1 Å². The number of alkyl halides is 1. The van der Waals surface area contributed by atoms with Gasteiger partial charge in [0.25, 0.3) is 5.56 Å². The topological polar surface area (TPSA) is 281 Å². The molecule has 3 saturated heterocycles. The first kappa shape index (κ1) is 30.2. The van der Waals surface area contributed by atoms with E-state index in [9.17, 15) is 18.8 Å². The molecule has 7 heterocycles. The largest absolute Gasteiger partial charge is 0.403 e. The average Bonchev–Trinajstić information content (AvgIpc) is 3.75. The van der Waals surface area contributed by atoms with Crippen molar-refractivity contribution in [2.24, 2.45) is 0 Å². The molecule has 2 bridgehead atoms. The van der Waals surface area contributed by atoms with Crippen LogP contribution < -0.4 is 22.1 Å². The minimum Gasteiger partial charge on any atom is -0.382 e. The van der Waals surface area contributed by atoms with Crippen molar-refractivity contribution < 1.29 is 46.2 Å². The Kier molecular flexibility index (Phi) is 7.68. The van der Waals surface area contributed by atoms with Crippen molar-refractivity contribution in [3.05, 3.63) is 29.3 Å². The highest BCUT2D eigenvalue weighted by molar-refractivity contribution is 7.50. The number of imidazole rings is 2. The first-order valence-electron chi connectivity index (χ1n) is 13.3. The van der Waals surface area contributed by atoms with Gasteiger partial charge in [-0.25, -0.2) is 34.0 Å². The van der Waals surface area contributed by atoms with E-state index in [0.29, 0.717) is 0 Å². The number of hydrogen-bond acceptors (Lipinski definition) is 16. The molecule has 3 fully saturated rings. The van der Waals surface area contributed by atoms with Crippen LogP contribution in [0.15, 0.2) is 23.8 Å². The summed E-state index contributed by atoms with van der Waals surface area (Å²) in [6, 6.07) is -1.49. The summed E-state index contributed by atoms with van der Waals surface area (Å²) in [4.78, 5) is 45.7. The molecule has 10 unspecified atom stereocenters. The fraction of sp³-hybridized carbons (Fsp3) is 0.524. The number of anilines is 2. The molecular formula is C21H26FN11O10P2. The second-order valence-corrected chi connectivity index (χ2v) is 12.8. The quantitative estimate of drug-likeness (QED) is 0.166. The number of nitrogens with zero attached hydrogens (tertiary/aromatic N) is 7. The minimum absolute atomic E-state index is 0.0174. The second-order valence-electron chi connectivity index (χ2n) is 10.2. The van der Waals surface area contributed by atoms with Crippen LogP contribution in [0.3, 0.4) is 0 Å². The molecule has 7 rings (SSSR count). The highest BCUT2D eigenvalue weighted by Crippen LogP contribution is 2.47. The van der Waals surface area contributed by atoms with Gasteiger partial charge in [-0.2, -0.15) is 4.98 Å². The number of halogens is 1. The number of hydrogen-bond donors (Lipinski definition) is 5. The number of fused-ring (bicyclic) bond motifs is 5. The third-order valence-electron chi connectivity index (χ3n) is 7.60. The van der Waals surface area contributed by atoms with Crippen molar-refractivity contribution in [1.82, 2.24) is 44.1 Å². The molecule has 242 valence electrons. The molecule has 4 aromatic rings. The number of aromatic nitrogens is 8. The lowest BCUT2D eigenvalue weighted by atomic mass is 10.1. The van der Waals surface area contributed by atoms with Gasteiger partial charge < -0.3 is 35.1 Å². The molecule has 0 aromatic carbocycles. The summed E-state index contributed by atoms with van der Waals surface area (Å²) in [7, 11) is -6.87. The predicted octanol–water partition coefficient (Wildman–Crippen LogP) is -0.848. The number of nitrogens with one attached hydrogen (secondary N) is 2. The standard InChI is InChI=1S/C21H26FN11O10P2/c1-38-13-8-3-40-45(36,37)31-10-7(41-19(9(10)22)32-5-27-11-15(23)25-4-26-16(11)32)2-39-44(35)43-14(13)20(42-8)33-6-28-12-17(33)29-21(24)30-18(12)34/h4-10,13-14,19-20,44H,2-3H2,1H3,(H2,23,25,26)(H2,31,36,37)(H3,24,29,30,34). The molecule has 0 aliphatic carbocycles. The number of H-pyrrole nitrogens is 1. The van der Waals surface area contributed by atoms with Gasteiger partial charge in [-0.1, -0.05) is 0 Å². The number of methoxy groups -OCH3 is 1. The van der Waals surface area contributed by atoms with E-state index in [1.165, 1.54) is 35.2 Å². The van der Waals surface area contributed by atoms with Gasteiger partial charge in [-0.3, -0.25) is 32.5 Å². The second kappa shape index (κ2) is 11.4. The Morgan fingerprint density at radius 2 is 1.82 bits per heavy atom.